The highest BCUT2D eigenvalue weighted by molar-refractivity contribution is 7.47. The normalized spacial score (nSPS) is 14.2. The Morgan fingerprint density at radius 1 is 0.266 bits per heavy atom. The van der Waals surface area contributed by atoms with E-state index in [2.05, 4.69) is 55.4 Å². The molecule has 0 aromatic rings. The van der Waals surface area contributed by atoms with Crippen molar-refractivity contribution in [3.05, 3.63) is 0 Å². The van der Waals surface area contributed by atoms with E-state index in [4.69, 9.17) is 37.0 Å². The predicted molar refractivity (Wildman–Crippen MR) is 381 cm³/mol. The van der Waals surface area contributed by atoms with Crippen molar-refractivity contribution in [3.63, 3.8) is 0 Å². The van der Waals surface area contributed by atoms with E-state index in [1.54, 1.807) is 0 Å². The molecule has 0 aromatic carbocycles. The minimum Gasteiger partial charge on any atom is -0.462 e. The van der Waals surface area contributed by atoms with Crippen LogP contribution in [0.3, 0.4) is 0 Å². The first-order valence-electron chi connectivity index (χ1n) is 38.7. The molecule has 0 saturated heterocycles. The predicted octanol–water partition coefficient (Wildman–Crippen LogP) is 21.7. The minimum absolute atomic E-state index is 0.105. The molecule has 558 valence electrons. The van der Waals surface area contributed by atoms with Gasteiger partial charge in [-0.05, 0) is 49.4 Å². The molecule has 0 saturated carbocycles. The van der Waals surface area contributed by atoms with Crippen LogP contribution in [-0.2, 0) is 65.4 Å². The van der Waals surface area contributed by atoms with E-state index in [-0.39, 0.29) is 25.7 Å². The van der Waals surface area contributed by atoms with Gasteiger partial charge in [0.2, 0.25) is 0 Å². The summed E-state index contributed by atoms with van der Waals surface area (Å²) in [6.07, 6.45) is 48.6. The van der Waals surface area contributed by atoms with Crippen LogP contribution in [0.25, 0.3) is 0 Å². The topological polar surface area (TPSA) is 237 Å². The van der Waals surface area contributed by atoms with E-state index in [1.807, 2.05) is 0 Å². The fourth-order valence-corrected chi connectivity index (χ4v) is 13.0. The van der Waals surface area contributed by atoms with Gasteiger partial charge in [0.05, 0.1) is 26.4 Å². The van der Waals surface area contributed by atoms with Gasteiger partial charge in [0.15, 0.2) is 12.2 Å². The maximum atomic E-state index is 13.1. The second kappa shape index (κ2) is 64.4. The van der Waals surface area contributed by atoms with Crippen molar-refractivity contribution in [2.75, 3.05) is 39.6 Å². The average Bonchev–Trinajstić information content (AvgIpc) is 1.60. The molecule has 19 heteroatoms. The zero-order chi connectivity index (χ0) is 69.6. The molecule has 0 radical (unpaired) electrons. The first-order valence-corrected chi connectivity index (χ1v) is 41.7. The van der Waals surface area contributed by atoms with Crippen LogP contribution in [0.2, 0.25) is 0 Å². The van der Waals surface area contributed by atoms with Crippen molar-refractivity contribution in [1.29, 1.82) is 0 Å². The zero-order valence-corrected chi connectivity index (χ0v) is 63.4. The smallest absolute Gasteiger partial charge is 0.462 e. The number of hydrogen-bond donors (Lipinski definition) is 3. The molecule has 0 aliphatic carbocycles. The highest BCUT2D eigenvalue weighted by Gasteiger charge is 2.30. The van der Waals surface area contributed by atoms with Crippen LogP contribution in [0.5, 0.6) is 0 Å². The Bertz CT molecular complexity index is 1850. The molecule has 3 N–H and O–H groups in total. The van der Waals surface area contributed by atoms with Gasteiger partial charge in [-0.25, -0.2) is 9.13 Å². The second-order valence-electron chi connectivity index (χ2n) is 28.9. The summed E-state index contributed by atoms with van der Waals surface area (Å²) in [5.74, 6) is 0.905. The van der Waals surface area contributed by atoms with E-state index in [1.165, 1.54) is 173 Å². The number of hydrogen-bond acceptors (Lipinski definition) is 15. The monoisotopic (exact) mass is 1380 g/mol. The summed E-state index contributed by atoms with van der Waals surface area (Å²) in [5.41, 5.74) is 0. The van der Waals surface area contributed by atoms with Gasteiger partial charge in [-0.15, -0.1) is 0 Å². The molecule has 0 amide bonds. The lowest BCUT2D eigenvalue weighted by atomic mass is 10.0. The van der Waals surface area contributed by atoms with Crippen LogP contribution in [0.4, 0.5) is 0 Å². The fraction of sp³-hybridized carbons (Fsp3) is 0.947. The molecule has 17 nitrogen and oxygen atoms in total. The summed E-state index contributed by atoms with van der Waals surface area (Å²) in [4.78, 5) is 72.8. The maximum Gasteiger partial charge on any atom is 0.472 e. The lowest BCUT2D eigenvalue weighted by Gasteiger charge is -2.21. The van der Waals surface area contributed by atoms with Gasteiger partial charge in [-0.3, -0.25) is 37.3 Å². The van der Waals surface area contributed by atoms with Gasteiger partial charge >= 0.3 is 39.5 Å². The Labute approximate surface area is 575 Å². The summed E-state index contributed by atoms with van der Waals surface area (Å²) in [5, 5.41) is 10.6. The maximum absolute atomic E-state index is 13.1. The molecule has 3 unspecified atom stereocenters. The van der Waals surface area contributed by atoms with Crippen molar-refractivity contribution < 1.29 is 80.2 Å². The van der Waals surface area contributed by atoms with Crippen molar-refractivity contribution >= 4 is 39.5 Å². The molecule has 0 spiro atoms. The third-order valence-corrected chi connectivity index (χ3v) is 19.2. The summed E-state index contributed by atoms with van der Waals surface area (Å²) < 4.78 is 68.5. The number of unbranched alkanes of at least 4 members (excludes halogenated alkanes) is 38. The van der Waals surface area contributed by atoms with Gasteiger partial charge < -0.3 is 33.8 Å². The molecule has 0 fully saturated rings. The van der Waals surface area contributed by atoms with E-state index in [0.717, 1.165) is 114 Å². The number of ether oxygens (including phenoxy) is 4. The zero-order valence-electron chi connectivity index (χ0n) is 61.6. The molecule has 0 bridgehead atoms. The fourth-order valence-electron chi connectivity index (χ4n) is 11.4. The van der Waals surface area contributed by atoms with Crippen LogP contribution >= 0.6 is 15.6 Å². The molecule has 94 heavy (non-hydrogen) atoms. The van der Waals surface area contributed by atoms with E-state index >= 15 is 0 Å². The number of phosphoric acid groups is 2. The highest BCUT2D eigenvalue weighted by Crippen LogP contribution is 2.45. The Hall–Kier alpha value is -1.94. The Morgan fingerprint density at radius 2 is 0.447 bits per heavy atom. The molecule has 0 aliphatic heterocycles. The number of carbonyl (C=O) groups excluding carboxylic acids is 4. The van der Waals surface area contributed by atoms with Crippen LogP contribution in [-0.4, -0.2) is 96.7 Å². The molecule has 0 aliphatic rings. The van der Waals surface area contributed by atoms with Crippen LogP contribution in [0.1, 0.15) is 376 Å². The number of aliphatic hydroxyl groups is 1. The van der Waals surface area contributed by atoms with Gasteiger partial charge in [0.25, 0.3) is 0 Å². The van der Waals surface area contributed by atoms with Crippen LogP contribution < -0.4 is 0 Å². The standard InChI is InChI=1S/C75H146O17P2/c1-65(2)51-43-35-27-20-14-10-9-11-17-23-31-39-47-55-72(77)85-61-70(91-74(79)57-49-41-32-24-18-12-15-21-28-36-44-52-66(3)4)63-89-93(81,82)87-59-69(76)60-88-94(83,84)90-64-71(62-86-73(78)56-48-40-34-26-30-38-46-54-68(7)8)92-75(80)58-50-42-33-25-19-13-16-22-29-37-45-53-67(5)6/h65-71,76H,9-64H2,1-8H3,(H,81,82)(H,83,84)/t69?,70-,71-/m1/s1. The summed E-state index contributed by atoms with van der Waals surface area (Å²) in [6.45, 7) is 14.2. The Morgan fingerprint density at radius 3 is 0.660 bits per heavy atom. The molecule has 0 aromatic heterocycles. The second-order valence-corrected chi connectivity index (χ2v) is 31.9. The molecule has 0 heterocycles. The lowest BCUT2D eigenvalue weighted by molar-refractivity contribution is -0.161. The van der Waals surface area contributed by atoms with Gasteiger partial charge in [-0.1, -0.05) is 325 Å². The van der Waals surface area contributed by atoms with Gasteiger partial charge in [0.1, 0.15) is 19.3 Å². The van der Waals surface area contributed by atoms with E-state index in [9.17, 15) is 43.2 Å². The largest absolute Gasteiger partial charge is 0.472 e. The Balaban J connectivity index is 5.25. The van der Waals surface area contributed by atoms with Crippen molar-refractivity contribution in [2.24, 2.45) is 23.7 Å². The third-order valence-electron chi connectivity index (χ3n) is 17.3. The molecular formula is C75H146O17P2. The van der Waals surface area contributed by atoms with E-state index < -0.39 is 97.5 Å². The lowest BCUT2D eigenvalue weighted by Crippen LogP contribution is -2.30. The van der Waals surface area contributed by atoms with Crippen molar-refractivity contribution in [1.82, 2.24) is 0 Å². The SMILES string of the molecule is CC(C)CCCCCCCCCCCCCCCC(=O)OC[C@H](COP(=O)(O)OCC(O)COP(=O)(O)OC[C@@H](COC(=O)CCCCCCCCCC(C)C)OC(=O)CCCCCCCCCCCCCC(C)C)OC(=O)CCCCCCCCCCCCCC(C)C. The third kappa shape index (κ3) is 68.6. The molecular weight excluding hydrogens is 1230 g/mol. The summed E-state index contributed by atoms with van der Waals surface area (Å²) >= 11 is 0. The Kier molecular flexibility index (Phi) is 63.1. The van der Waals surface area contributed by atoms with Gasteiger partial charge in [0, 0.05) is 25.7 Å². The van der Waals surface area contributed by atoms with Crippen molar-refractivity contribution in [2.45, 2.75) is 395 Å². The van der Waals surface area contributed by atoms with Crippen molar-refractivity contribution in [3.8, 4) is 0 Å². The number of rotatable bonds is 72. The van der Waals surface area contributed by atoms with Crippen LogP contribution in [0.15, 0.2) is 0 Å². The first-order chi connectivity index (χ1) is 45.1. The highest BCUT2D eigenvalue weighted by atomic mass is 31.2. The quantitative estimate of drug-likeness (QED) is 0.0222. The average molecular weight is 1380 g/mol. The molecule has 5 atom stereocenters. The summed E-state index contributed by atoms with van der Waals surface area (Å²) in [6, 6.07) is 0. The first kappa shape index (κ1) is 92.1. The van der Waals surface area contributed by atoms with Crippen LogP contribution in [0, 0.1) is 23.7 Å². The number of carbonyl (C=O) groups is 4. The minimum atomic E-state index is -4.96. The number of aliphatic hydroxyl groups excluding tert-OH is 1. The number of phosphoric ester groups is 2. The summed E-state index contributed by atoms with van der Waals surface area (Å²) in [7, 11) is -9.91. The van der Waals surface area contributed by atoms with Gasteiger partial charge in [-0.2, -0.15) is 0 Å². The van der Waals surface area contributed by atoms with E-state index in [0.29, 0.717) is 31.6 Å². The molecule has 0 rings (SSSR count). The number of esters is 4.